The van der Waals surface area contributed by atoms with E-state index in [4.69, 9.17) is 10.2 Å². The highest BCUT2D eigenvalue weighted by atomic mass is 32.1. The first-order valence-electron chi connectivity index (χ1n) is 4.69. The largest absolute Gasteiger partial charge is 0.459 e. The van der Waals surface area contributed by atoms with Crippen molar-refractivity contribution in [2.24, 2.45) is 5.73 Å². The molecule has 7 heteroatoms. The number of furan rings is 1. The molecule has 0 atom stereocenters. The molecule has 2 rings (SSSR count). The van der Waals surface area contributed by atoms with Gasteiger partial charge in [0, 0.05) is 5.56 Å². The van der Waals surface area contributed by atoms with Crippen LogP contribution < -0.4 is 11.1 Å². The lowest BCUT2D eigenvalue weighted by atomic mass is 10.3. The molecule has 3 N–H and O–H groups in total. The van der Waals surface area contributed by atoms with Crippen molar-refractivity contribution in [3.8, 4) is 0 Å². The van der Waals surface area contributed by atoms with Gasteiger partial charge in [0.15, 0.2) is 10.9 Å². The molecule has 0 aliphatic carbocycles. The predicted octanol–water partition coefficient (Wildman–Crippen LogP) is 1.40. The summed E-state index contributed by atoms with van der Waals surface area (Å²) in [6, 6.07) is 1.69. The molecule has 0 spiro atoms. The van der Waals surface area contributed by atoms with E-state index in [1.165, 1.54) is 12.5 Å². The van der Waals surface area contributed by atoms with Crippen LogP contribution in [0.25, 0.3) is 0 Å². The molecule has 0 aromatic carbocycles. The summed E-state index contributed by atoms with van der Waals surface area (Å²) >= 11 is 1.01. The Morgan fingerprint density at radius 2 is 2.29 bits per heavy atom. The molecule has 0 fully saturated rings. The van der Waals surface area contributed by atoms with Crippen LogP contribution in [0.3, 0.4) is 0 Å². The molecule has 0 bridgehead atoms. The van der Waals surface area contributed by atoms with Gasteiger partial charge in [0.25, 0.3) is 11.8 Å². The Labute approximate surface area is 100 Å². The van der Waals surface area contributed by atoms with Gasteiger partial charge in [-0.25, -0.2) is 4.98 Å². The number of aryl methyl sites for hydroxylation is 1. The van der Waals surface area contributed by atoms with Crippen LogP contribution in [0.15, 0.2) is 22.9 Å². The maximum absolute atomic E-state index is 11.7. The summed E-state index contributed by atoms with van der Waals surface area (Å²) in [6.45, 7) is 1.76. The fourth-order valence-corrected chi connectivity index (χ4v) is 1.87. The predicted molar refractivity (Wildman–Crippen MR) is 62.0 cm³/mol. The van der Waals surface area contributed by atoms with E-state index in [-0.39, 0.29) is 10.6 Å². The zero-order valence-corrected chi connectivity index (χ0v) is 9.71. The monoisotopic (exact) mass is 251 g/mol. The number of thiazole rings is 1. The maximum atomic E-state index is 11.7. The minimum absolute atomic E-state index is 0.223. The molecule has 0 radical (unpaired) electrons. The molecule has 2 heterocycles. The van der Waals surface area contributed by atoms with Crippen molar-refractivity contribution in [1.29, 1.82) is 0 Å². The Morgan fingerprint density at radius 3 is 2.82 bits per heavy atom. The van der Waals surface area contributed by atoms with Crippen LogP contribution in [0.2, 0.25) is 0 Å². The van der Waals surface area contributed by atoms with Crippen LogP contribution in [-0.2, 0) is 0 Å². The lowest BCUT2D eigenvalue weighted by Crippen LogP contribution is -2.11. The lowest BCUT2D eigenvalue weighted by Gasteiger charge is -1.98. The molecular formula is C10H9N3O3S. The van der Waals surface area contributed by atoms with E-state index in [2.05, 4.69) is 10.3 Å². The van der Waals surface area contributed by atoms with Gasteiger partial charge in [-0.2, -0.15) is 0 Å². The van der Waals surface area contributed by atoms with Gasteiger partial charge in [-0.3, -0.25) is 14.9 Å². The summed E-state index contributed by atoms with van der Waals surface area (Å²) in [6.07, 6.45) is 2.75. The Bertz CT molecular complexity index is 573. The number of hydrogen-bond acceptors (Lipinski definition) is 5. The summed E-state index contributed by atoms with van der Waals surface area (Å²) in [5, 5.41) is 2.83. The van der Waals surface area contributed by atoms with Crippen molar-refractivity contribution in [3.63, 3.8) is 0 Å². The van der Waals surface area contributed by atoms with E-state index in [1.807, 2.05) is 0 Å². The van der Waals surface area contributed by atoms with Gasteiger partial charge in [-0.05, 0) is 13.0 Å². The first-order chi connectivity index (χ1) is 8.08. The Hall–Kier alpha value is -2.15. The second-order valence-corrected chi connectivity index (χ2v) is 4.31. The molecule has 2 amide bonds. The summed E-state index contributed by atoms with van der Waals surface area (Å²) < 4.78 is 5.03. The lowest BCUT2D eigenvalue weighted by molar-refractivity contribution is 0.0991. The van der Waals surface area contributed by atoms with E-state index in [1.54, 1.807) is 13.0 Å². The number of carbonyl (C=O) groups excluding carboxylic acids is 2. The number of anilines is 1. The number of nitrogens with one attached hydrogen (secondary N) is 1. The summed E-state index contributed by atoms with van der Waals surface area (Å²) in [5.74, 6) is -0.754. The second kappa shape index (κ2) is 4.38. The molecule has 17 heavy (non-hydrogen) atoms. The zero-order valence-electron chi connectivity index (χ0n) is 8.89. The second-order valence-electron chi connectivity index (χ2n) is 3.28. The quantitative estimate of drug-likeness (QED) is 0.861. The molecule has 0 aliphatic heterocycles. The van der Waals surface area contributed by atoms with Crippen LogP contribution in [0, 0.1) is 6.92 Å². The minimum Gasteiger partial charge on any atom is -0.459 e. The highest BCUT2D eigenvalue weighted by Gasteiger charge is 2.15. The molecule has 88 valence electrons. The van der Waals surface area contributed by atoms with Crippen molar-refractivity contribution in [2.45, 2.75) is 6.92 Å². The molecule has 0 saturated heterocycles. The smallest absolute Gasteiger partial charge is 0.293 e. The Balaban J connectivity index is 2.13. The number of primary amides is 1. The molecule has 0 aliphatic rings. The minimum atomic E-state index is -0.572. The first kappa shape index (κ1) is 11.3. The third-order valence-electron chi connectivity index (χ3n) is 2.04. The molecule has 2 aromatic rings. The zero-order chi connectivity index (χ0) is 12.4. The van der Waals surface area contributed by atoms with Crippen molar-refractivity contribution < 1.29 is 14.0 Å². The highest BCUT2D eigenvalue weighted by molar-refractivity contribution is 7.17. The summed E-state index contributed by atoms with van der Waals surface area (Å²) in [5.41, 5.74) is 5.81. The van der Waals surface area contributed by atoms with Crippen LogP contribution in [0.5, 0.6) is 0 Å². The molecular weight excluding hydrogens is 242 g/mol. The maximum Gasteiger partial charge on any atom is 0.293 e. The van der Waals surface area contributed by atoms with Gasteiger partial charge in [0.2, 0.25) is 0 Å². The molecule has 0 unspecified atom stereocenters. The number of carbonyl (C=O) groups is 2. The van der Waals surface area contributed by atoms with E-state index in [9.17, 15) is 9.59 Å². The summed E-state index contributed by atoms with van der Waals surface area (Å²) in [4.78, 5) is 26.7. The standard InChI is InChI=1S/C10H9N3O3S/c1-5-2-3-16-7(5)9(15)13-10-12-4-6(17-10)8(11)14/h2-4H,1H3,(H2,11,14)(H,12,13,15). The normalized spacial score (nSPS) is 10.2. The van der Waals surface area contributed by atoms with Crippen LogP contribution in [-0.4, -0.2) is 16.8 Å². The van der Waals surface area contributed by atoms with Crippen LogP contribution in [0.1, 0.15) is 25.8 Å². The molecule has 0 saturated carbocycles. The first-order valence-corrected chi connectivity index (χ1v) is 5.50. The topological polar surface area (TPSA) is 98.2 Å². The molecule has 2 aromatic heterocycles. The highest BCUT2D eigenvalue weighted by Crippen LogP contribution is 2.19. The summed E-state index contributed by atoms with van der Waals surface area (Å²) in [7, 11) is 0. The van der Waals surface area contributed by atoms with Crippen molar-refractivity contribution in [1.82, 2.24) is 4.98 Å². The van der Waals surface area contributed by atoms with Gasteiger partial charge in [0.1, 0.15) is 4.88 Å². The van der Waals surface area contributed by atoms with Gasteiger partial charge in [-0.1, -0.05) is 11.3 Å². The average molecular weight is 251 g/mol. The van der Waals surface area contributed by atoms with Crippen molar-refractivity contribution in [3.05, 3.63) is 34.7 Å². The average Bonchev–Trinajstić information content (AvgIpc) is 2.86. The Kier molecular flexibility index (Phi) is 2.92. The fourth-order valence-electron chi connectivity index (χ4n) is 1.21. The fraction of sp³-hybridized carbons (Fsp3) is 0.100. The molecule has 6 nitrogen and oxygen atoms in total. The number of aromatic nitrogens is 1. The third kappa shape index (κ3) is 2.34. The van der Waals surface area contributed by atoms with Crippen LogP contribution in [0.4, 0.5) is 5.13 Å². The SMILES string of the molecule is Cc1ccoc1C(=O)Nc1ncc(C(N)=O)s1. The Morgan fingerprint density at radius 1 is 1.53 bits per heavy atom. The van der Waals surface area contributed by atoms with E-state index in [0.717, 1.165) is 16.9 Å². The van der Waals surface area contributed by atoms with Crippen molar-refractivity contribution in [2.75, 3.05) is 5.32 Å². The van der Waals surface area contributed by atoms with E-state index >= 15 is 0 Å². The number of hydrogen-bond donors (Lipinski definition) is 2. The van der Waals surface area contributed by atoms with Gasteiger partial charge >= 0.3 is 0 Å². The third-order valence-corrected chi connectivity index (χ3v) is 2.96. The van der Waals surface area contributed by atoms with Gasteiger partial charge in [0.05, 0.1) is 12.5 Å². The van der Waals surface area contributed by atoms with Crippen molar-refractivity contribution >= 4 is 28.3 Å². The number of rotatable bonds is 3. The van der Waals surface area contributed by atoms with E-state index < -0.39 is 11.8 Å². The number of nitrogens with two attached hydrogens (primary N) is 1. The van der Waals surface area contributed by atoms with Crippen LogP contribution >= 0.6 is 11.3 Å². The number of nitrogens with zero attached hydrogens (tertiary/aromatic N) is 1. The number of amides is 2. The van der Waals surface area contributed by atoms with E-state index in [0.29, 0.717) is 5.13 Å². The van der Waals surface area contributed by atoms with Gasteiger partial charge in [-0.15, -0.1) is 0 Å². The van der Waals surface area contributed by atoms with Gasteiger partial charge < -0.3 is 10.2 Å².